The smallest absolute Gasteiger partial charge is 0.324 e. The van der Waals surface area contributed by atoms with E-state index in [1.165, 1.54) is 17.3 Å². The molecule has 1 aliphatic carbocycles. The molecule has 0 radical (unpaired) electrons. The van der Waals surface area contributed by atoms with Gasteiger partial charge in [0.25, 0.3) is 0 Å². The minimum atomic E-state index is -0.781. The summed E-state index contributed by atoms with van der Waals surface area (Å²) in [6, 6.07) is 7.34. The van der Waals surface area contributed by atoms with Crippen LogP contribution in [0, 0.1) is 17.3 Å². The Morgan fingerprint density at radius 3 is 2.66 bits per heavy atom. The number of hydrogen-bond donors (Lipinski definition) is 5. The Bertz CT molecular complexity index is 1350. The lowest BCUT2D eigenvalue weighted by Gasteiger charge is -2.47. The first-order chi connectivity index (χ1) is 22.2. The molecule has 47 heavy (non-hydrogen) atoms. The van der Waals surface area contributed by atoms with Gasteiger partial charge >= 0.3 is 6.03 Å². The predicted octanol–water partition coefficient (Wildman–Crippen LogP) is 4.78. The third-order valence-electron chi connectivity index (χ3n) is 9.00. The Balaban J connectivity index is 1.33. The van der Waals surface area contributed by atoms with Crippen LogP contribution in [0.3, 0.4) is 0 Å². The van der Waals surface area contributed by atoms with Crippen molar-refractivity contribution in [1.29, 1.82) is 0 Å². The van der Waals surface area contributed by atoms with Gasteiger partial charge in [-0.15, -0.1) is 0 Å². The Morgan fingerprint density at radius 1 is 1.32 bits per heavy atom. The van der Waals surface area contributed by atoms with Crippen molar-refractivity contribution < 1.29 is 14.3 Å². The number of ether oxygens (including phenoxy) is 2. The van der Waals surface area contributed by atoms with E-state index in [9.17, 15) is 4.79 Å². The summed E-state index contributed by atoms with van der Waals surface area (Å²) in [5, 5.41) is 11.4. The molecule has 1 aromatic rings. The van der Waals surface area contributed by atoms with E-state index >= 15 is 0 Å². The summed E-state index contributed by atoms with van der Waals surface area (Å²) in [7, 11) is 2.04. The Hall–Kier alpha value is -3.29. The molecule has 5 atom stereocenters. The number of nitrogens with zero attached hydrogens (tertiary/aromatic N) is 3. The first kappa shape index (κ1) is 36.5. The lowest BCUT2D eigenvalue weighted by molar-refractivity contribution is 0.0116. The average Bonchev–Trinajstić information content (AvgIpc) is 3.03. The van der Waals surface area contributed by atoms with E-state index in [0.717, 1.165) is 50.7 Å². The van der Waals surface area contributed by atoms with E-state index in [1.807, 2.05) is 59.0 Å². The number of nitrogens with one attached hydrogen (secondary N) is 3. The van der Waals surface area contributed by atoms with E-state index in [0.29, 0.717) is 17.3 Å². The molecular weight excluding hydrogens is 613 g/mol. The monoisotopic (exact) mass is 666 g/mol. The first-order valence-corrected chi connectivity index (χ1v) is 17.2. The molecule has 3 aliphatic rings. The largest absolute Gasteiger partial charge is 0.401 e. The number of aliphatic imine (C=N–C) groups is 1. The zero-order valence-electron chi connectivity index (χ0n) is 28.8. The number of rotatable bonds is 12. The van der Waals surface area contributed by atoms with Crippen LogP contribution in [-0.2, 0) is 9.47 Å². The van der Waals surface area contributed by atoms with Gasteiger partial charge in [0, 0.05) is 55.1 Å². The number of carbonyl (C=O) groups is 1. The molecule has 0 saturated carbocycles. The van der Waals surface area contributed by atoms with Gasteiger partial charge in [-0.05, 0) is 54.5 Å². The summed E-state index contributed by atoms with van der Waals surface area (Å²) >= 11 is 1.29. The van der Waals surface area contributed by atoms with Crippen LogP contribution in [0.25, 0.3) is 0 Å². The molecule has 12 heteroatoms. The minimum absolute atomic E-state index is 0.0411. The molecule has 0 spiro atoms. The molecule has 1 aromatic carbocycles. The zero-order valence-corrected chi connectivity index (χ0v) is 29.6. The molecule has 4 rings (SSSR count). The summed E-state index contributed by atoms with van der Waals surface area (Å²) in [5.41, 5.74) is 15.6. The molecule has 258 valence electrons. The van der Waals surface area contributed by atoms with Crippen molar-refractivity contribution in [1.82, 2.24) is 15.5 Å². The van der Waals surface area contributed by atoms with E-state index in [4.69, 9.17) is 20.9 Å². The summed E-state index contributed by atoms with van der Waals surface area (Å²) in [6.07, 6.45) is 9.14. The summed E-state index contributed by atoms with van der Waals surface area (Å²) < 4.78 is 11.6. The number of thioether (sulfide) groups is 1. The Labute approximate surface area is 284 Å². The van der Waals surface area contributed by atoms with Gasteiger partial charge in [-0.3, -0.25) is 9.89 Å². The SMILES string of the molecule is C=C(NC(=O)Nc1ccc(N(C)C2NC=NC(C)(N)C2[C@H](C)C2=CC[C@H](OCCN3CCOCC3)C=C2)cc1)S/C=C(\N)C(C)(C)C. The van der Waals surface area contributed by atoms with Crippen LogP contribution < -0.4 is 32.3 Å². The highest BCUT2D eigenvalue weighted by atomic mass is 32.2. The molecular formula is C35H54N8O3S. The fourth-order valence-electron chi connectivity index (χ4n) is 5.91. The molecule has 1 fully saturated rings. The molecule has 0 bridgehead atoms. The number of morpholine rings is 1. The van der Waals surface area contributed by atoms with Gasteiger partial charge < -0.3 is 41.8 Å². The highest BCUT2D eigenvalue weighted by Crippen LogP contribution is 2.38. The third-order valence-corrected chi connectivity index (χ3v) is 9.76. The predicted molar refractivity (Wildman–Crippen MR) is 195 cm³/mol. The van der Waals surface area contributed by atoms with Crippen molar-refractivity contribution in [3.63, 3.8) is 0 Å². The fourth-order valence-corrected chi connectivity index (χ4v) is 6.68. The van der Waals surface area contributed by atoms with Crippen molar-refractivity contribution in [3.8, 4) is 0 Å². The van der Waals surface area contributed by atoms with Crippen LogP contribution in [0.4, 0.5) is 16.2 Å². The lowest BCUT2D eigenvalue weighted by atomic mass is 9.75. The van der Waals surface area contributed by atoms with Crippen molar-refractivity contribution in [2.24, 2.45) is 33.7 Å². The number of benzene rings is 1. The molecule has 2 heterocycles. The quantitative estimate of drug-likeness (QED) is 0.213. The Kier molecular flexibility index (Phi) is 12.6. The maximum absolute atomic E-state index is 12.6. The van der Waals surface area contributed by atoms with E-state index in [2.05, 4.69) is 62.5 Å². The second-order valence-corrected chi connectivity index (χ2v) is 14.6. The topological polar surface area (TPSA) is 142 Å². The van der Waals surface area contributed by atoms with Gasteiger partial charge in [0.05, 0.1) is 37.3 Å². The number of urea groups is 1. The van der Waals surface area contributed by atoms with Crippen LogP contribution >= 0.6 is 11.8 Å². The van der Waals surface area contributed by atoms with Crippen molar-refractivity contribution in [2.75, 3.05) is 56.7 Å². The molecule has 7 N–H and O–H groups in total. The normalized spacial score (nSPS) is 25.8. The molecule has 3 unspecified atom stereocenters. The van der Waals surface area contributed by atoms with Crippen LogP contribution in [-0.4, -0.2) is 81.7 Å². The first-order valence-electron chi connectivity index (χ1n) is 16.4. The summed E-state index contributed by atoms with van der Waals surface area (Å²) in [5.74, 6) is 0.0813. The average molecular weight is 667 g/mol. The van der Waals surface area contributed by atoms with Crippen LogP contribution in [0.2, 0.25) is 0 Å². The van der Waals surface area contributed by atoms with Gasteiger partial charge in [-0.1, -0.05) is 64.3 Å². The molecule has 11 nitrogen and oxygen atoms in total. The molecule has 1 saturated heterocycles. The maximum atomic E-state index is 12.6. The maximum Gasteiger partial charge on any atom is 0.324 e. The number of carbonyl (C=O) groups excluding carboxylic acids is 1. The van der Waals surface area contributed by atoms with Gasteiger partial charge in [0.1, 0.15) is 11.8 Å². The van der Waals surface area contributed by atoms with E-state index in [1.54, 1.807) is 11.7 Å². The minimum Gasteiger partial charge on any atom is -0.401 e. The van der Waals surface area contributed by atoms with Crippen molar-refractivity contribution in [2.45, 2.75) is 59.0 Å². The lowest BCUT2D eigenvalue weighted by Crippen LogP contribution is -2.63. The molecule has 2 amide bonds. The van der Waals surface area contributed by atoms with E-state index in [-0.39, 0.29) is 35.6 Å². The van der Waals surface area contributed by atoms with Crippen LogP contribution in [0.1, 0.15) is 41.0 Å². The number of hydrogen-bond acceptors (Lipinski definition) is 10. The second-order valence-electron chi connectivity index (χ2n) is 13.7. The zero-order chi connectivity index (χ0) is 34.2. The number of amides is 2. The third kappa shape index (κ3) is 10.3. The summed E-state index contributed by atoms with van der Waals surface area (Å²) in [6.45, 7) is 19.4. The molecule has 0 aromatic heterocycles. The standard InChI is InChI=1S/C35H54N8O3S/c1-24(26-8-14-29(15-9-26)46-21-18-43-16-19-45-20-17-43)31-32(38-23-39-35(31,6)37)42(7)28-12-10-27(11-13-28)41-33(44)40-25(2)47-22-30(36)34(3,4)5/h8-14,22-24,29,31-32H,2,15-21,36-37H2,1,3-7H3,(H,38,39)(H2,40,41,44)/b30-22-/t24-,29-,31?,32?,35?/m1/s1. The fraction of sp³-hybridized carbons (Fsp3) is 0.543. The van der Waals surface area contributed by atoms with Crippen molar-refractivity contribution >= 4 is 35.5 Å². The van der Waals surface area contributed by atoms with Gasteiger partial charge in [0.15, 0.2) is 0 Å². The Morgan fingerprint density at radius 2 is 2.02 bits per heavy atom. The number of allylic oxidation sites excluding steroid dienone is 3. The number of nitrogens with two attached hydrogens (primary N) is 2. The van der Waals surface area contributed by atoms with Crippen LogP contribution in [0.5, 0.6) is 0 Å². The molecule has 2 aliphatic heterocycles. The van der Waals surface area contributed by atoms with Gasteiger partial charge in [-0.2, -0.15) is 0 Å². The second kappa shape index (κ2) is 16.2. The van der Waals surface area contributed by atoms with Crippen LogP contribution in [0.15, 0.2) is 75.8 Å². The van der Waals surface area contributed by atoms with Gasteiger partial charge in [0.2, 0.25) is 0 Å². The highest BCUT2D eigenvalue weighted by molar-refractivity contribution is 8.05. The van der Waals surface area contributed by atoms with E-state index < -0.39 is 5.66 Å². The summed E-state index contributed by atoms with van der Waals surface area (Å²) in [4.78, 5) is 21.8. The van der Waals surface area contributed by atoms with Gasteiger partial charge in [-0.25, -0.2) is 4.79 Å². The highest BCUT2D eigenvalue weighted by Gasteiger charge is 2.44. The van der Waals surface area contributed by atoms with Crippen molar-refractivity contribution in [3.05, 3.63) is 70.8 Å². The number of anilines is 2.